The minimum atomic E-state index is -0.651. The van der Waals surface area contributed by atoms with Crippen molar-refractivity contribution < 1.29 is 9.53 Å². The molecule has 3 N–H and O–H groups in total. The predicted molar refractivity (Wildman–Crippen MR) is 75.1 cm³/mol. The van der Waals surface area contributed by atoms with E-state index in [2.05, 4.69) is 5.32 Å². The maximum absolute atomic E-state index is 11.7. The molecule has 0 spiro atoms. The van der Waals surface area contributed by atoms with Crippen LogP contribution in [0.2, 0.25) is 5.02 Å². The van der Waals surface area contributed by atoms with Gasteiger partial charge in [-0.25, -0.2) is 0 Å². The van der Waals surface area contributed by atoms with Gasteiger partial charge in [-0.2, -0.15) is 0 Å². The highest BCUT2D eigenvalue weighted by Gasteiger charge is 2.16. The average Bonchev–Trinajstić information content (AvgIpc) is 2.29. The Hall–Kier alpha value is -0.810. The summed E-state index contributed by atoms with van der Waals surface area (Å²) in [6, 6.07) is 6.56. The van der Waals surface area contributed by atoms with Gasteiger partial charge >= 0.3 is 0 Å². The minimum Gasteiger partial charge on any atom is -0.383 e. The number of halogens is 2. The SMILES string of the molecule is COCC(N)C(=O)N[C@H](C)c1cccc(Cl)c1.Cl. The Bertz CT molecular complexity index is 388. The van der Waals surface area contributed by atoms with Gasteiger partial charge in [0.05, 0.1) is 12.6 Å². The standard InChI is InChI=1S/C12H17ClN2O2.ClH/c1-8(9-4-3-5-10(13)6-9)15-12(16)11(14)7-17-2;/h3-6,8,11H,7,14H2,1-2H3,(H,15,16);1H/t8-,11?;/m1./s1. The number of amides is 1. The molecule has 18 heavy (non-hydrogen) atoms. The summed E-state index contributed by atoms with van der Waals surface area (Å²) < 4.78 is 4.82. The highest BCUT2D eigenvalue weighted by molar-refractivity contribution is 6.30. The molecule has 4 nitrogen and oxygen atoms in total. The maximum Gasteiger partial charge on any atom is 0.239 e. The number of nitrogens with one attached hydrogen (secondary N) is 1. The summed E-state index contributed by atoms with van der Waals surface area (Å²) >= 11 is 5.88. The molecular formula is C12H18Cl2N2O2. The van der Waals surface area contributed by atoms with E-state index in [9.17, 15) is 4.79 Å². The van der Waals surface area contributed by atoms with Gasteiger partial charge in [0, 0.05) is 12.1 Å². The summed E-state index contributed by atoms with van der Waals surface area (Å²) in [5, 5.41) is 3.45. The molecule has 0 heterocycles. The molecule has 0 saturated heterocycles. The number of carbonyl (C=O) groups is 1. The predicted octanol–water partition coefficient (Wildman–Crippen LogP) is 1.91. The van der Waals surface area contributed by atoms with E-state index in [0.29, 0.717) is 5.02 Å². The Labute approximate surface area is 118 Å². The van der Waals surface area contributed by atoms with Gasteiger partial charge in [-0.3, -0.25) is 4.79 Å². The molecule has 6 heteroatoms. The number of benzene rings is 1. The van der Waals surface area contributed by atoms with E-state index in [0.717, 1.165) is 5.56 Å². The van der Waals surface area contributed by atoms with Crippen LogP contribution in [0.4, 0.5) is 0 Å². The number of methoxy groups -OCH3 is 1. The fourth-order valence-corrected chi connectivity index (χ4v) is 1.63. The lowest BCUT2D eigenvalue weighted by Crippen LogP contribution is -2.44. The van der Waals surface area contributed by atoms with Gasteiger partial charge in [-0.05, 0) is 24.6 Å². The van der Waals surface area contributed by atoms with Crippen LogP contribution in [0.1, 0.15) is 18.5 Å². The maximum atomic E-state index is 11.7. The lowest BCUT2D eigenvalue weighted by Gasteiger charge is -2.17. The molecule has 0 bridgehead atoms. The summed E-state index contributed by atoms with van der Waals surface area (Å²) in [5.74, 6) is -0.237. The van der Waals surface area contributed by atoms with Crippen LogP contribution < -0.4 is 11.1 Å². The van der Waals surface area contributed by atoms with Crippen LogP contribution >= 0.6 is 24.0 Å². The van der Waals surface area contributed by atoms with Gasteiger partial charge in [-0.15, -0.1) is 12.4 Å². The molecule has 0 aliphatic rings. The molecule has 1 aromatic carbocycles. The molecule has 0 fully saturated rings. The van der Waals surface area contributed by atoms with E-state index in [1.165, 1.54) is 7.11 Å². The minimum absolute atomic E-state index is 0. The highest BCUT2D eigenvalue weighted by Crippen LogP contribution is 2.17. The second-order valence-electron chi connectivity index (χ2n) is 3.85. The van der Waals surface area contributed by atoms with Crippen molar-refractivity contribution in [3.63, 3.8) is 0 Å². The summed E-state index contributed by atoms with van der Waals surface area (Å²) in [7, 11) is 1.51. The first-order chi connectivity index (χ1) is 8.04. The Morgan fingerprint density at radius 3 is 2.78 bits per heavy atom. The Morgan fingerprint density at radius 2 is 2.22 bits per heavy atom. The fraction of sp³-hybridized carbons (Fsp3) is 0.417. The third-order valence-electron chi connectivity index (χ3n) is 2.39. The molecule has 0 aliphatic carbocycles. The van der Waals surface area contributed by atoms with Crippen LogP contribution in [-0.2, 0) is 9.53 Å². The van der Waals surface area contributed by atoms with Crippen molar-refractivity contribution in [3.8, 4) is 0 Å². The Morgan fingerprint density at radius 1 is 1.56 bits per heavy atom. The Balaban J connectivity index is 0.00000289. The van der Waals surface area contributed by atoms with Gasteiger partial charge in [0.2, 0.25) is 5.91 Å². The molecule has 1 amide bonds. The van der Waals surface area contributed by atoms with E-state index in [1.807, 2.05) is 25.1 Å². The lowest BCUT2D eigenvalue weighted by atomic mass is 10.1. The second-order valence-corrected chi connectivity index (χ2v) is 4.28. The van der Waals surface area contributed by atoms with E-state index in [1.54, 1.807) is 6.07 Å². The van der Waals surface area contributed by atoms with Crippen LogP contribution in [0.3, 0.4) is 0 Å². The molecule has 1 aromatic rings. The van der Waals surface area contributed by atoms with Crippen molar-refractivity contribution >= 4 is 29.9 Å². The zero-order chi connectivity index (χ0) is 12.8. The number of nitrogens with two attached hydrogens (primary N) is 1. The summed E-state index contributed by atoms with van der Waals surface area (Å²) in [6.45, 7) is 2.08. The molecule has 2 atom stereocenters. The van der Waals surface area contributed by atoms with Gasteiger partial charge in [-0.1, -0.05) is 23.7 Å². The summed E-state index contributed by atoms with van der Waals surface area (Å²) in [5.41, 5.74) is 6.56. The normalized spacial score (nSPS) is 13.3. The van der Waals surface area contributed by atoms with Gasteiger partial charge in [0.15, 0.2) is 0 Å². The number of hydrogen-bond acceptors (Lipinski definition) is 3. The Kier molecular flexibility index (Phi) is 7.95. The first kappa shape index (κ1) is 17.2. The van der Waals surface area contributed by atoms with E-state index >= 15 is 0 Å². The zero-order valence-corrected chi connectivity index (χ0v) is 11.9. The molecule has 0 radical (unpaired) electrons. The summed E-state index contributed by atoms with van der Waals surface area (Å²) in [4.78, 5) is 11.7. The average molecular weight is 293 g/mol. The lowest BCUT2D eigenvalue weighted by molar-refractivity contribution is -0.124. The molecular weight excluding hydrogens is 275 g/mol. The van der Waals surface area contributed by atoms with Crippen LogP contribution in [0, 0.1) is 0 Å². The van der Waals surface area contributed by atoms with Gasteiger partial charge in [0.25, 0.3) is 0 Å². The van der Waals surface area contributed by atoms with Crippen LogP contribution in [0.25, 0.3) is 0 Å². The molecule has 1 unspecified atom stereocenters. The largest absolute Gasteiger partial charge is 0.383 e. The van der Waals surface area contributed by atoms with Crippen molar-refractivity contribution in [1.82, 2.24) is 5.32 Å². The number of hydrogen-bond donors (Lipinski definition) is 2. The van der Waals surface area contributed by atoms with E-state index in [-0.39, 0.29) is 31.0 Å². The number of carbonyl (C=O) groups excluding carboxylic acids is 1. The molecule has 102 valence electrons. The number of rotatable bonds is 5. The van der Waals surface area contributed by atoms with Crippen LogP contribution in [0.5, 0.6) is 0 Å². The van der Waals surface area contributed by atoms with Crippen molar-refractivity contribution in [2.24, 2.45) is 5.73 Å². The monoisotopic (exact) mass is 292 g/mol. The first-order valence-electron chi connectivity index (χ1n) is 5.35. The molecule has 0 aliphatic heterocycles. The van der Waals surface area contributed by atoms with Crippen LogP contribution in [-0.4, -0.2) is 25.7 Å². The molecule has 1 rings (SSSR count). The van der Waals surface area contributed by atoms with Crippen molar-refractivity contribution in [1.29, 1.82) is 0 Å². The topological polar surface area (TPSA) is 64.3 Å². The number of ether oxygens (including phenoxy) is 1. The fourth-order valence-electron chi connectivity index (χ4n) is 1.43. The van der Waals surface area contributed by atoms with Crippen molar-refractivity contribution in [2.75, 3.05) is 13.7 Å². The second kappa shape index (κ2) is 8.32. The highest BCUT2D eigenvalue weighted by atomic mass is 35.5. The van der Waals surface area contributed by atoms with Gasteiger partial charge < -0.3 is 15.8 Å². The van der Waals surface area contributed by atoms with Crippen LogP contribution in [0.15, 0.2) is 24.3 Å². The summed E-state index contributed by atoms with van der Waals surface area (Å²) in [6.07, 6.45) is 0. The third kappa shape index (κ3) is 5.23. The van der Waals surface area contributed by atoms with Crippen molar-refractivity contribution in [3.05, 3.63) is 34.9 Å². The van der Waals surface area contributed by atoms with Gasteiger partial charge in [0.1, 0.15) is 6.04 Å². The first-order valence-corrected chi connectivity index (χ1v) is 5.72. The van der Waals surface area contributed by atoms with E-state index in [4.69, 9.17) is 22.1 Å². The third-order valence-corrected chi connectivity index (χ3v) is 2.63. The zero-order valence-electron chi connectivity index (χ0n) is 10.4. The molecule has 0 saturated carbocycles. The van der Waals surface area contributed by atoms with E-state index < -0.39 is 6.04 Å². The molecule has 0 aromatic heterocycles. The van der Waals surface area contributed by atoms with Crippen molar-refractivity contribution in [2.45, 2.75) is 19.0 Å². The quantitative estimate of drug-likeness (QED) is 0.871. The smallest absolute Gasteiger partial charge is 0.239 e.